The molecule has 1 heterocycles. The molecule has 96 valence electrons. The molecule has 1 aliphatic rings. The lowest BCUT2D eigenvalue weighted by Gasteiger charge is -2.35. The van der Waals surface area contributed by atoms with Crippen LogP contribution in [-0.4, -0.2) is 12.1 Å². The van der Waals surface area contributed by atoms with Crippen LogP contribution in [0.2, 0.25) is 0 Å². The van der Waals surface area contributed by atoms with E-state index in [9.17, 15) is 0 Å². The molecule has 4 unspecified atom stereocenters. The molecule has 17 heavy (non-hydrogen) atoms. The van der Waals surface area contributed by atoms with Gasteiger partial charge in [-0.3, -0.25) is 0 Å². The molecule has 0 amide bonds. The van der Waals surface area contributed by atoms with Crippen LogP contribution in [0.3, 0.4) is 0 Å². The average Bonchev–Trinajstić information content (AvgIpc) is 2.75. The van der Waals surface area contributed by atoms with Gasteiger partial charge in [-0.25, -0.2) is 0 Å². The highest BCUT2D eigenvalue weighted by molar-refractivity contribution is 7.07. The zero-order valence-electron chi connectivity index (χ0n) is 11.3. The van der Waals surface area contributed by atoms with E-state index in [2.05, 4.69) is 42.9 Å². The summed E-state index contributed by atoms with van der Waals surface area (Å²) < 4.78 is 0. The molecule has 0 saturated heterocycles. The van der Waals surface area contributed by atoms with Crippen molar-refractivity contribution in [3.8, 4) is 0 Å². The smallest absolute Gasteiger partial charge is 0.00954 e. The second-order valence-corrected chi connectivity index (χ2v) is 6.69. The summed E-state index contributed by atoms with van der Waals surface area (Å²) in [6, 6.07) is 3.58. The minimum Gasteiger partial charge on any atom is -0.311 e. The molecule has 2 rings (SSSR count). The molecule has 1 aromatic heterocycles. The number of nitrogens with one attached hydrogen (secondary N) is 1. The van der Waals surface area contributed by atoms with E-state index in [1.54, 1.807) is 11.3 Å². The van der Waals surface area contributed by atoms with Gasteiger partial charge in [0.25, 0.3) is 0 Å². The van der Waals surface area contributed by atoms with Crippen molar-refractivity contribution in [1.82, 2.24) is 5.32 Å². The van der Waals surface area contributed by atoms with Crippen LogP contribution in [0.25, 0.3) is 0 Å². The zero-order chi connectivity index (χ0) is 12.3. The van der Waals surface area contributed by atoms with Gasteiger partial charge in [-0.15, -0.1) is 0 Å². The highest BCUT2D eigenvalue weighted by Crippen LogP contribution is 2.29. The third-order valence-corrected chi connectivity index (χ3v) is 4.78. The van der Waals surface area contributed by atoms with E-state index in [-0.39, 0.29) is 0 Å². The van der Waals surface area contributed by atoms with Crippen molar-refractivity contribution in [2.24, 2.45) is 11.8 Å². The first kappa shape index (κ1) is 13.1. The second-order valence-electron chi connectivity index (χ2n) is 5.91. The van der Waals surface area contributed by atoms with Crippen molar-refractivity contribution < 1.29 is 0 Å². The van der Waals surface area contributed by atoms with Gasteiger partial charge in [-0.2, -0.15) is 11.3 Å². The molecule has 4 atom stereocenters. The van der Waals surface area contributed by atoms with Crippen molar-refractivity contribution >= 4 is 11.3 Å². The molecule has 0 radical (unpaired) electrons. The first-order valence-electron chi connectivity index (χ1n) is 6.92. The van der Waals surface area contributed by atoms with Crippen LogP contribution in [0.1, 0.15) is 45.6 Å². The Morgan fingerprint density at radius 2 is 2.24 bits per heavy atom. The molecule has 1 aromatic rings. The van der Waals surface area contributed by atoms with Gasteiger partial charge in [0.05, 0.1) is 0 Å². The minimum atomic E-state index is 0.602. The largest absolute Gasteiger partial charge is 0.311 e. The molecule has 0 aromatic carbocycles. The van der Waals surface area contributed by atoms with Gasteiger partial charge in [0, 0.05) is 12.1 Å². The van der Waals surface area contributed by atoms with E-state index in [1.807, 2.05) is 0 Å². The molecular weight excluding hydrogens is 226 g/mol. The van der Waals surface area contributed by atoms with Gasteiger partial charge < -0.3 is 5.32 Å². The third kappa shape index (κ3) is 3.82. The fourth-order valence-corrected chi connectivity index (χ4v) is 3.78. The maximum Gasteiger partial charge on any atom is 0.00954 e. The predicted octanol–water partition coefficient (Wildman–Crippen LogP) is 4.09. The van der Waals surface area contributed by atoms with Crippen LogP contribution in [0.4, 0.5) is 0 Å². The van der Waals surface area contributed by atoms with Crippen molar-refractivity contribution in [3.63, 3.8) is 0 Å². The van der Waals surface area contributed by atoms with Crippen molar-refractivity contribution in [2.75, 3.05) is 0 Å². The minimum absolute atomic E-state index is 0.602. The standard InChI is InChI=1S/C15H25NS/c1-11-4-5-15(12(2)8-11)16-13(3)9-14-6-7-17-10-14/h6-7,10-13,15-16H,4-5,8-9H2,1-3H3. The van der Waals surface area contributed by atoms with E-state index in [1.165, 1.54) is 31.2 Å². The molecule has 1 saturated carbocycles. The van der Waals surface area contributed by atoms with Gasteiger partial charge in [0.2, 0.25) is 0 Å². The molecule has 1 nitrogen and oxygen atoms in total. The van der Waals surface area contributed by atoms with Crippen LogP contribution in [0.5, 0.6) is 0 Å². The summed E-state index contributed by atoms with van der Waals surface area (Å²) in [5.41, 5.74) is 1.48. The van der Waals surface area contributed by atoms with Gasteiger partial charge in [-0.1, -0.05) is 13.8 Å². The Morgan fingerprint density at radius 1 is 1.41 bits per heavy atom. The summed E-state index contributed by atoms with van der Waals surface area (Å²) in [5.74, 6) is 1.76. The van der Waals surface area contributed by atoms with E-state index in [0.29, 0.717) is 6.04 Å². The van der Waals surface area contributed by atoms with Crippen LogP contribution < -0.4 is 5.32 Å². The topological polar surface area (TPSA) is 12.0 Å². The number of thiophene rings is 1. The van der Waals surface area contributed by atoms with Crippen LogP contribution >= 0.6 is 11.3 Å². The normalized spacial score (nSPS) is 31.4. The first-order chi connectivity index (χ1) is 8.15. The summed E-state index contributed by atoms with van der Waals surface area (Å²) in [6.07, 6.45) is 5.31. The zero-order valence-corrected chi connectivity index (χ0v) is 12.1. The summed E-state index contributed by atoms with van der Waals surface area (Å²) in [7, 11) is 0. The van der Waals surface area contributed by atoms with E-state index < -0.39 is 0 Å². The lowest BCUT2D eigenvalue weighted by molar-refractivity contribution is 0.216. The Morgan fingerprint density at radius 3 is 2.88 bits per heavy atom. The SMILES string of the molecule is CC1CCC(NC(C)Cc2ccsc2)C(C)C1. The number of hydrogen-bond donors (Lipinski definition) is 1. The molecule has 0 bridgehead atoms. The fourth-order valence-electron chi connectivity index (χ4n) is 3.10. The molecule has 0 spiro atoms. The highest BCUT2D eigenvalue weighted by atomic mass is 32.1. The van der Waals surface area contributed by atoms with Gasteiger partial charge in [0.1, 0.15) is 0 Å². The van der Waals surface area contributed by atoms with Gasteiger partial charge in [-0.05, 0) is 66.8 Å². The maximum atomic E-state index is 3.83. The number of hydrogen-bond acceptors (Lipinski definition) is 2. The molecule has 2 heteroatoms. The lowest BCUT2D eigenvalue weighted by Crippen LogP contribution is -2.44. The Bertz CT molecular complexity index is 320. The second kappa shape index (κ2) is 6.01. The number of rotatable bonds is 4. The van der Waals surface area contributed by atoms with Crippen LogP contribution in [0, 0.1) is 11.8 Å². The Balaban J connectivity index is 1.80. The molecule has 1 aliphatic carbocycles. The average molecular weight is 251 g/mol. The van der Waals surface area contributed by atoms with Crippen molar-refractivity contribution in [2.45, 2.75) is 58.5 Å². The van der Waals surface area contributed by atoms with E-state index in [4.69, 9.17) is 0 Å². The summed E-state index contributed by atoms with van der Waals surface area (Å²) in [5, 5.41) is 8.27. The van der Waals surface area contributed by atoms with Crippen LogP contribution in [0.15, 0.2) is 16.8 Å². The monoisotopic (exact) mass is 251 g/mol. The summed E-state index contributed by atoms with van der Waals surface area (Å²) in [6.45, 7) is 7.12. The molecular formula is C15H25NS. The van der Waals surface area contributed by atoms with Crippen LogP contribution in [-0.2, 0) is 6.42 Å². The Kier molecular flexibility index (Phi) is 4.63. The summed E-state index contributed by atoms with van der Waals surface area (Å²) in [4.78, 5) is 0. The Hall–Kier alpha value is -0.340. The quantitative estimate of drug-likeness (QED) is 0.850. The molecule has 0 aliphatic heterocycles. The first-order valence-corrected chi connectivity index (χ1v) is 7.86. The predicted molar refractivity (Wildman–Crippen MR) is 76.6 cm³/mol. The Labute approximate surface area is 110 Å². The highest BCUT2D eigenvalue weighted by Gasteiger charge is 2.25. The van der Waals surface area contributed by atoms with E-state index in [0.717, 1.165) is 17.9 Å². The molecule has 1 N–H and O–H groups in total. The van der Waals surface area contributed by atoms with E-state index >= 15 is 0 Å². The maximum absolute atomic E-state index is 3.83. The third-order valence-electron chi connectivity index (χ3n) is 4.05. The van der Waals surface area contributed by atoms with Crippen molar-refractivity contribution in [3.05, 3.63) is 22.4 Å². The van der Waals surface area contributed by atoms with Gasteiger partial charge in [0.15, 0.2) is 0 Å². The lowest BCUT2D eigenvalue weighted by atomic mass is 9.79. The molecule has 1 fully saturated rings. The fraction of sp³-hybridized carbons (Fsp3) is 0.733. The van der Waals surface area contributed by atoms with Gasteiger partial charge >= 0.3 is 0 Å². The van der Waals surface area contributed by atoms with Crippen molar-refractivity contribution in [1.29, 1.82) is 0 Å². The summed E-state index contributed by atoms with van der Waals surface area (Å²) >= 11 is 1.80.